The molecule has 58 valence electrons. The van der Waals surface area contributed by atoms with Crippen LogP contribution in [0.15, 0.2) is 28.7 Å². The Labute approximate surface area is 76.5 Å². The molecule has 1 rings (SSSR count). The molecular formula is C8H8BrOP. The summed E-state index contributed by atoms with van der Waals surface area (Å²) in [6, 6.07) is 7.37. The molecule has 0 amide bonds. The molecule has 0 bridgehead atoms. The topological polar surface area (TPSA) is 17.1 Å². The standard InChI is InChI=1S/C8H8BrOP/c9-7-3-1-6(2-4-7)8(10)5-11/h1-4H,5,11H2. The molecule has 3 heteroatoms. The lowest BCUT2D eigenvalue weighted by Crippen LogP contribution is -1.98. The normalized spacial score (nSPS) is 9.64. The third-order valence-electron chi connectivity index (χ3n) is 1.35. The second-order valence-corrected chi connectivity index (χ2v) is 3.46. The molecule has 0 radical (unpaired) electrons. The molecule has 0 saturated carbocycles. The van der Waals surface area contributed by atoms with E-state index in [9.17, 15) is 4.79 Å². The zero-order valence-corrected chi connectivity index (χ0v) is 8.62. The summed E-state index contributed by atoms with van der Waals surface area (Å²) in [6.07, 6.45) is 0.488. The number of carbonyl (C=O) groups is 1. The number of carbonyl (C=O) groups excluding carboxylic acids is 1. The van der Waals surface area contributed by atoms with Gasteiger partial charge in [-0.2, -0.15) is 0 Å². The monoisotopic (exact) mass is 230 g/mol. The maximum Gasteiger partial charge on any atom is 0.166 e. The Morgan fingerprint density at radius 2 is 1.91 bits per heavy atom. The summed E-state index contributed by atoms with van der Waals surface area (Å²) < 4.78 is 0.998. The van der Waals surface area contributed by atoms with E-state index in [2.05, 4.69) is 25.2 Å². The van der Waals surface area contributed by atoms with Gasteiger partial charge in [-0.05, 0) is 12.1 Å². The number of hydrogen-bond acceptors (Lipinski definition) is 1. The molecule has 0 fully saturated rings. The number of hydrogen-bond donors (Lipinski definition) is 0. The molecule has 0 spiro atoms. The number of ketones is 1. The highest BCUT2D eigenvalue weighted by molar-refractivity contribution is 9.10. The van der Waals surface area contributed by atoms with Crippen molar-refractivity contribution >= 4 is 31.0 Å². The lowest BCUT2D eigenvalue weighted by Gasteiger charge is -1.95. The first-order chi connectivity index (χ1) is 5.24. The molecule has 1 aromatic carbocycles. The van der Waals surface area contributed by atoms with Gasteiger partial charge in [0.25, 0.3) is 0 Å². The van der Waals surface area contributed by atoms with Gasteiger partial charge < -0.3 is 0 Å². The van der Waals surface area contributed by atoms with Crippen LogP contribution in [0.1, 0.15) is 10.4 Å². The fourth-order valence-electron chi connectivity index (χ4n) is 0.754. The second kappa shape index (κ2) is 3.99. The summed E-state index contributed by atoms with van der Waals surface area (Å²) in [5, 5.41) is 0. The lowest BCUT2D eigenvalue weighted by molar-refractivity contribution is 0.102. The average molecular weight is 231 g/mol. The molecule has 1 aromatic rings. The van der Waals surface area contributed by atoms with Crippen LogP contribution in [0.25, 0.3) is 0 Å². The van der Waals surface area contributed by atoms with Crippen molar-refractivity contribution in [2.75, 3.05) is 6.16 Å². The van der Waals surface area contributed by atoms with Gasteiger partial charge >= 0.3 is 0 Å². The van der Waals surface area contributed by atoms with E-state index in [0.29, 0.717) is 6.16 Å². The quantitative estimate of drug-likeness (QED) is 0.564. The molecule has 1 nitrogen and oxygen atoms in total. The van der Waals surface area contributed by atoms with Gasteiger partial charge in [-0.1, -0.05) is 28.1 Å². The van der Waals surface area contributed by atoms with Crippen LogP contribution in [0, 0.1) is 0 Å². The van der Waals surface area contributed by atoms with Crippen LogP contribution in [-0.2, 0) is 0 Å². The Morgan fingerprint density at radius 1 is 1.36 bits per heavy atom. The van der Waals surface area contributed by atoms with Crippen molar-refractivity contribution in [2.24, 2.45) is 0 Å². The molecule has 1 unspecified atom stereocenters. The van der Waals surface area contributed by atoms with Crippen molar-refractivity contribution in [1.82, 2.24) is 0 Å². The average Bonchev–Trinajstić information content (AvgIpc) is 2.05. The number of rotatable bonds is 2. The maximum atomic E-state index is 11.1. The first kappa shape index (κ1) is 8.89. The van der Waals surface area contributed by atoms with Gasteiger partial charge in [-0.25, -0.2) is 0 Å². The Morgan fingerprint density at radius 3 is 2.36 bits per heavy atom. The van der Waals surface area contributed by atoms with E-state index in [0.717, 1.165) is 10.0 Å². The molecule has 11 heavy (non-hydrogen) atoms. The Hall–Kier alpha value is -0.200. The minimum absolute atomic E-state index is 0.155. The highest BCUT2D eigenvalue weighted by Gasteiger charge is 2.00. The van der Waals surface area contributed by atoms with Gasteiger partial charge in [0, 0.05) is 16.2 Å². The lowest BCUT2D eigenvalue weighted by atomic mass is 10.2. The summed E-state index contributed by atoms with van der Waals surface area (Å²) >= 11 is 3.30. The molecule has 0 aliphatic rings. The number of Topliss-reactive ketones (excluding diaryl/α,β-unsaturated/α-hetero) is 1. The van der Waals surface area contributed by atoms with Crippen LogP contribution >= 0.6 is 25.2 Å². The zero-order chi connectivity index (χ0) is 8.27. The Bertz CT molecular complexity index is 255. The minimum atomic E-state index is 0.155. The smallest absolute Gasteiger partial charge is 0.166 e. The highest BCUT2D eigenvalue weighted by atomic mass is 79.9. The molecule has 1 atom stereocenters. The van der Waals surface area contributed by atoms with Crippen molar-refractivity contribution in [3.63, 3.8) is 0 Å². The van der Waals surface area contributed by atoms with Crippen LogP contribution < -0.4 is 0 Å². The molecule has 0 aromatic heterocycles. The molecule has 0 N–H and O–H groups in total. The van der Waals surface area contributed by atoms with E-state index in [1.807, 2.05) is 24.3 Å². The van der Waals surface area contributed by atoms with Gasteiger partial charge in [-0.15, -0.1) is 9.24 Å². The SMILES string of the molecule is O=C(CP)c1ccc(Br)cc1. The predicted octanol–water partition coefficient (Wildman–Crippen LogP) is 2.51. The molecule has 0 aliphatic carbocycles. The van der Waals surface area contributed by atoms with Crippen LogP contribution in [-0.4, -0.2) is 11.9 Å². The van der Waals surface area contributed by atoms with E-state index in [4.69, 9.17) is 0 Å². The third-order valence-corrected chi connectivity index (χ3v) is 2.25. The highest BCUT2D eigenvalue weighted by Crippen LogP contribution is 2.11. The molecule has 0 heterocycles. The van der Waals surface area contributed by atoms with Gasteiger partial charge in [0.2, 0.25) is 0 Å². The Kier molecular flexibility index (Phi) is 3.22. The summed E-state index contributed by atoms with van der Waals surface area (Å²) in [4.78, 5) is 11.1. The summed E-state index contributed by atoms with van der Waals surface area (Å²) in [6.45, 7) is 0. The predicted molar refractivity (Wildman–Crippen MR) is 53.0 cm³/mol. The number of halogens is 1. The van der Waals surface area contributed by atoms with E-state index < -0.39 is 0 Å². The maximum absolute atomic E-state index is 11.1. The van der Waals surface area contributed by atoms with E-state index in [1.54, 1.807) is 0 Å². The van der Waals surface area contributed by atoms with E-state index >= 15 is 0 Å². The Balaban J connectivity index is 2.90. The van der Waals surface area contributed by atoms with Crippen LogP contribution in [0.2, 0.25) is 0 Å². The fourth-order valence-corrected chi connectivity index (χ4v) is 1.25. The van der Waals surface area contributed by atoms with Gasteiger partial charge in [-0.3, -0.25) is 4.79 Å². The van der Waals surface area contributed by atoms with Crippen LogP contribution in [0.3, 0.4) is 0 Å². The van der Waals surface area contributed by atoms with Crippen molar-refractivity contribution < 1.29 is 4.79 Å². The zero-order valence-electron chi connectivity index (χ0n) is 5.88. The van der Waals surface area contributed by atoms with Gasteiger partial charge in [0.05, 0.1) is 0 Å². The van der Waals surface area contributed by atoms with Crippen molar-refractivity contribution in [3.05, 3.63) is 34.3 Å². The summed E-state index contributed by atoms with van der Waals surface area (Å²) in [5.41, 5.74) is 0.767. The second-order valence-electron chi connectivity index (χ2n) is 2.13. The third kappa shape index (κ3) is 2.39. The first-order valence-electron chi connectivity index (χ1n) is 3.23. The van der Waals surface area contributed by atoms with Crippen LogP contribution in [0.5, 0.6) is 0 Å². The summed E-state index contributed by atoms with van der Waals surface area (Å²) in [5.74, 6) is 0.155. The fraction of sp³-hybridized carbons (Fsp3) is 0.125. The van der Waals surface area contributed by atoms with Crippen molar-refractivity contribution in [1.29, 1.82) is 0 Å². The van der Waals surface area contributed by atoms with E-state index in [-0.39, 0.29) is 5.78 Å². The molecular weight excluding hydrogens is 223 g/mol. The van der Waals surface area contributed by atoms with Crippen molar-refractivity contribution in [3.8, 4) is 0 Å². The van der Waals surface area contributed by atoms with Crippen molar-refractivity contribution in [2.45, 2.75) is 0 Å². The van der Waals surface area contributed by atoms with Gasteiger partial charge in [0.15, 0.2) is 5.78 Å². The number of benzene rings is 1. The van der Waals surface area contributed by atoms with Crippen LogP contribution in [0.4, 0.5) is 0 Å². The minimum Gasteiger partial charge on any atom is -0.294 e. The molecule has 0 saturated heterocycles. The largest absolute Gasteiger partial charge is 0.294 e. The first-order valence-corrected chi connectivity index (χ1v) is 4.84. The summed E-state index contributed by atoms with van der Waals surface area (Å²) in [7, 11) is 2.42. The molecule has 0 aliphatic heterocycles. The van der Waals surface area contributed by atoms with E-state index in [1.165, 1.54) is 0 Å². The van der Waals surface area contributed by atoms with Gasteiger partial charge in [0.1, 0.15) is 0 Å².